The molecule has 0 saturated carbocycles. The number of ether oxygens (including phenoxy) is 1. The van der Waals surface area contributed by atoms with E-state index in [0.717, 1.165) is 11.0 Å². The largest absolute Gasteiger partial charge is 0.493 e. The summed E-state index contributed by atoms with van der Waals surface area (Å²) in [6, 6.07) is 9.48. The van der Waals surface area contributed by atoms with Gasteiger partial charge in [0.15, 0.2) is 6.61 Å². The molecule has 0 unspecified atom stereocenters. The Balaban J connectivity index is 2.42. The lowest BCUT2D eigenvalue weighted by Gasteiger charge is -2.22. The summed E-state index contributed by atoms with van der Waals surface area (Å²) in [6.07, 6.45) is -4.58. The first-order valence-electron chi connectivity index (χ1n) is 8.09. The summed E-state index contributed by atoms with van der Waals surface area (Å²) in [6.45, 7) is -1.56. The van der Waals surface area contributed by atoms with Crippen LogP contribution >= 0.6 is 0 Å². The van der Waals surface area contributed by atoms with Crippen molar-refractivity contribution in [1.29, 1.82) is 0 Å². The Labute approximate surface area is 159 Å². The van der Waals surface area contributed by atoms with Crippen molar-refractivity contribution in [3.63, 3.8) is 0 Å². The third kappa shape index (κ3) is 5.23. The number of halogens is 4. The van der Waals surface area contributed by atoms with Gasteiger partial charge >= 0.3 is 13.3 Å². The van der Waals surface area contributed by atoms with Crippen LogP contribution in [0.1, 0.15) is 10.4 Å². The zero-order chi connectivity index (χ0) is 20.9. The molecular weight excluding hydrogens is 381 g/mol. The number of benzene rings is 2. The number of anilines is 1. The van der Waals surface area contributed by atoms with E-state index in [0.29, 0.717) is 5.46 Å². The van der Waals surface area contributed by atoms with Crippen molar-refractivity contribution >= 4 is 24.2 Å². The number of alkyl halides is 3. The Bertz CT molecular complexity index is 827. The summed E-state index contributed by atoms with van der Waals surface area (Å²) in [4.78, 5) is 13.6. The third-order valence-corrected chi connectivity index (χ3v) is 3.85. The lowest BCUT2D eigenvalue weighted by molar-refractivity contribution is -0.153. The van der Waals surface area contributed by atoms with Crippen LogP contribution in [0.3, 0.4) is 0 Å². The highest BCUT2D eigenvalue weighted by atomic mass is 19.4. The average Bonchev–Trinajstić information content (AvgIpc) is 2.66. The molecule has 0 aromatic heterocycles. The highest BCUT2D eigenvalue weighted by Crippen LogP contribution is 2.30. The van der Waals surface area contributed by atoms with Crippen LogP contribution in [0.15, 0.2) is 42.5 Å². The Hall–Kier alpha value is -2.59. The monoisotopic (exact) mass is 399 g/mol. The van der Waals surface area contributed by atoms with Crippen LogP contribution in [0.5, 0.6) is 5.75 Å². The maximum atomic E-state index is 13.9. The first kappa shape index (κ1) is 21.7. The number of hydrogen-bond acceptors (Lipinski definition) is 4. The maximum Gasteiger partial charge on any atom is 0.493 e. The van der Waals surface area contributed by atoms with E-state index in [-0.39, 0.29) is 17.0 Å². The van der Waals surface area contributed by atoms with E-state index in [1.54, 1.807) is 0 Å². The zero-order valence-electron chi connectivity index (χ0n) is 15.4. The van der Waals surface area contributed by atoms with Crippen molar-refractivity contribution < 1.29 is 36.4 Å². The number of carbonyl (C=O) groups is 1. The van der Waals surface area contributed by atoms with E-state index in [4.69, 9.17) is 14.0 Å². The number of hydrogen-bond donors (Lipinski definition) is 0. The predicted octanol–water partition coefficient (Wildman–Crippen LogP) is 3.03. The molecule has 0 aliphatic rings. The average molecular weight is 399 g/mol. The van der Waals surface area contributed by atoms with Gasteiger partial charge in [0.05, 0.1) is 11.3 Å². The SMILES string of the molecule is COB(OC)c1ccc(N(C)C(=O)c2ccccc2F)c(OCC(F)(F)F)c1. The van der Waals surface area contributed by atoms with Crippen LogP contribution in [-0.2, 0) is 9.31 Å². The van der Waals surface area contributed by atoms with Gasteiger partial charge in [-0.1, -0.05) is 18.2 Å². The van der Waals surface area contributed by atoms with Gasteiger partial charge in [-0.3, -0.25) is 4.79 Å². The molecule has 28 heavy (non-hydrogen) atoms. The molecule has 0 aliphatic heterocycles. The smallest absolute Gasteiger partial charge is 0.482 e. The van der Waals surface area contributed by atoms with Crippen molar-refractivity contribution in [3.05, 3.63) is 53.8 Å². The van der Waals surface area contributed by atoms with Crippen molar-refractivity contribution in [2.24, 2.45) is 0 Å². The molecule has 150 valence electrons. The second kappa shape index (κ2) is 9.07. The minimum Gasteiger partial charge on any atom is -0.482 e. The van der Waals surface area contributed by atoms with E-state index in [1.807, 2.05) is 0 Å². The number of nitrogens with zero attached hydrogens (tertiary/aromatic N) is 1. The lowest BCUT2D eigenvalue weighted by atomic mass is 9.79. The quantitative estimate of drug-likeness (QED) is 0.531. The summed E-state index contributed by atoms with van der Waals surface area (Å²) in [5, 5.41) is 0. The van der Waals surface area contributed by atoms with Gasteiger partial charge in [-0.05, 0) is 29.7 Å². The topological polar surface area (TPSA) is 48.0 Å². The molecule has 2 aromatic carbocycles. The number of rotatable bonds is 7. The van der Waals surface area contributed by atoms with Crippen LogP contribution in [0.2, 0.25) is 0 Å². The molecular formula is C18H18BF4NO4. The summed E-state index contributed by atoms with van der Waals surface area (Å²) < 4.78 is 66.9. The second-order valence-electron chi connectivity index (χ2n) is 5.78. The molecule has 1 amide bonds. The van der Waals surface area contributed by atoms with E-state index in [2.05, 4.69) is 0 Å². The van der Waals surface area contributed by atoms with E-state index in [9.17, 15) is 22.4 Å². The Morgan fingerprint density at radius 1 is 1.11 bits per heavy atom. The fraction of sp³-hybridized carbons (Fsp3) is 0.278. The molecule has 0 radical (unpaired) electrons. The van der Waals surface area contributed by atoms with Gasteiger partial charge in [0, 0.05) is 21.3 Å². The normalized spacial score (nSPS) is 11.2. The van der Waals surface area contributed by atoms with Crippen LogP contribution in [0, 0.1) is 5.82 Å². The van der Waals surface area contributed by atoms with Gasteiger partial charge in [-0.25, -0.2) is 4.39 Å². The molecule has 2 aromatic rings. The van der Waals surface area contributed by atoms with Crippen LogP contribution < -0.4 is 15.1 Å². The van der Waals surface area contributed by atoms with Gasteiger partial charge in [-0.15, -0.1) is 0 Å². The van der Waals surface area contributed by atoms with Gasteiger partial charge in [0.2, 0.25) is 0 Å². The molecule has 0 bridgehead atoms. The Kier molecular flexibility index (Phi) is 7.03. The molecule has 0 N–H and O–H groups in total. The zero-order valence-corrected chi connectivity index (χ0v) is 15.4. The molecule has 0 spiro atoms. The van der Waals surface area contributed by atoms with E-state index in [1.165, 1.54) is 57.7 Å². The van der Waals surface area contributed by atoms with Gasteiger partial charge < -0.3 is 18.9 Å². The van der Waals surface area contributed by atoms with Gasteiger partial charge in [0.25, 0.3) is 5.91 Å². The second-order valence-corrected chi connectivity index (χ2v) is 5.78. The molecule has 10 heteroatoms. The lowest BCUT2D eigenvalue weighted by Crippen LogP contribution is -2.36. The van der Waals surface area contributed by atoms with E-state index >= 15 is 0 Å². The molecule has 0 heterocycles. The molecule has 2 rings (SSSR count). The summed E-state index contributed by atoms with van der Waals surface area (Å²) in [5.74, 6) is -1.70. The molecule has 0 fully saturated rings. The fourth-order valence-corrected chi connectivity index (χ4v) is 2.52. The standard InChI is InChI=1S/C18H18BF4NO4/c1-24(17(25)13-6-4-5-7-14(13)20)15-9-8-12(19(26-2)27-3)10-16(15)28-11-18(21,22)23/h4-10H,11H2,1-3H3. The summed E-state index contributed by atoms with van der Waals surface area (Å²) >= 11 is 0. The molecule has 5 nitrogen and oxygen atoms in total. The number of carbonyl (C=O) groups excluding carboxylic acids is 1. The van der Waals surface area contributed by atoms with Crippen molar-refractivity contribution in [2.45, 2.75) is 6.18 Å². The van der Waals surface area contributed by atoms with E-state index < -0.39 is 31.6 Å². The van der Waals surface area contributed by atoms with Crippen molar-refractivity contribution in [3.8, 4) is 5.75 Å². The Morgan fingerprint density at radius 3 is 2.32 bits per heavy atom. The first-order valence-corrected chi connectivity index (χ1v) is 8.09. The Morgan fingerprint density at radius 2 is 1.75 bits per heavy atom. The van der Waals surface area contributed by atoms with Crippen LogP contribution in [-0.4, -0.2) is 47.1 Å². The van der Waals surface area contributed by atoms with Crippen molar-refractivity contribution in [2.75, 3.05) is 32.8 Å². The maximum absolute atomic E-state index is 13.9. The molecule has 0 saturated heterocycles. The van der Waals surface area contributed by atoms with Crippen molar-refractivity contribution in [1.82, 2.24) is 0 Å². The minimum atomic E-state index is -4.58. The molecule has 0 aliphatic carbocycles. The highest BCUT2D eigenvalue weighted by molar-refractivity contribution is 6.61. The minimum absolute atomic E-state index is 0.0345. The van der Waals surface area contributed by atoms with Crippen LogP contribution in [0.25, 0.3) is 0 Å². The highest BCUT2D eigenvalue weighted by Gasteiger charge is 2.30. The third-order valence-electron chi connectivity index (χ3n) is 3.85. The number of amides is 1. The summed E-state index contributed by atoms with van der Waals surface area (Å²) in [7, 11) is 3.21. The van der Waals surface area contributed by atoms with Crippen LogP contribution in [0.4, 0.5) is 23.2 Å². The summed E-state index contributed by atoms with van der Waals surface area (Å²) in [5.41, 5.74) is 0.201. The predicted molar refractivity (Wildman–Crippen MR) is 96.5 cm³/mol. The fourth-order valence-electron chi connectivity index (χ4n) is 2.52. The van der Waals surface area contributed by atoms with Gasteiger partial charge in [0.1, 0.15) is 11.6 Å². The first-order chi connectivity index (χ1) is 13.2. The van der Waals surface area contributed by atoms with Gasteiger partial charge in [-0.2, -0.15) is 13.2 Å². The molecule has 0 atom stereocenters.